The van der Waals surface area contributed by atoms with E-state index in [0.29, 0.717) is 0 Å². The molecule has 0 unspecified atom stereocenters. The molecule has 1 N–H and O–H groups in total. The maximum Gasteiger partial charge on any atom is 0.244 e. The normalized spacial score (nSPS) is 21.8. The average Bonchev–Trinajstić information content (AvgIpc) is 2.30. The van der Waals surface area contributed by atoms with Crippen LogP contribution in [0.5, 0.6) is 0 Å². The predicted octanol–water partition coefficient (Wildman–Crippen LogP) is 1.40. The van der Waals surface area contributed by atoms with Crippen molar-refractivity contribution in [3.8, 4) is 0 Å². The molecule has 0 bridgehead atoms. The largest absolute Gasteiger partial charge is 0.311 e. The van der Waals surface area contributed by atoms with Gasteiger partial charge in [0.05, 0.1) is 6.04 Å². The van der Waals surface area contributed by atoms with Crippen LogP contribution in [0.4, 0.5) is 5.69 Å². The van der Waals surface area contributed by atoms with E-state index < -0.39 is 0 Å². The molecule has 1 amide bonds. The molecule has 3 heteroatoms. The SMILES string of the molecule is CN[C@@H]1CCCN(c2ccccc2)C1=O. The monoisotopic (exact) mass is 204 g/mol. The fourth-order valence-corrected chi connectivity index (χ4v) is 2.01. The number of likely N-dealkylation sites (N-methyl/N-ethyl adjacent to an activating group) is 1. The second kappa shape index (κ2) is 4.45. The maximum absolute atomic E-state index is 12.0. The standard InChI is InChI=1S/C12H16N2O/c1-13-11-8-5-9-14(12(11)15)10-6-3-2-4-7-10/h2-4,6-7,11,13H,5,8-9H2,1H3/t11-/m1/s1. The minimum Gasteiger partial charge on any atom is -0.311 e. The molecule has 1 saturated heterocycles. The molecule has 0 radical (unpaired) electrons. The first-order valence-electron chi connectivity index (χ1n) is 5.36. The Bertz CT molecular complexity index is 337. The van der Waals surface area contributed by atoms with Gasteiger partial charge in [0.15, 0.2) is 0 Å². The molecule has 1 atom stereocenters. The van der Waals surface area contributed by atoms with Gasteiger partial charge in [0.2, 0.25) is 5.91 Å². The van der Waals surface area contributed by atoms with Crippen LogP contribution in [-0.2, 0) is 4.79 Å². The molecule has 1 aromatic rings. The molecule has 0 spiro atoms. The van der Waals surface area contributed by atoms with Crippen molar-refractivity contribution in [3.63, 3.8) is 0 Å². The molecule has 3 nitrogen and oxygen atoms in total. The first kappa shape index (κ1) is 10.2. The number of nitrogens with one attached hydrogen (secondary N) is 1. The van der Waals surface area contributed by atoms with Gasteiger partial charge in [-0.3, -0.25) is 4.79 Å². The summed E-state index contributed by atoms with van der Waals surface area (Å²) in [6.45, 7) is 0.834. The highest BCUT2D eigenvalue weighted by molar-refractivity contribution is 5.97. The molecule has 1 fully saturated rings. The Morgan fingerprint density at radius 3 is 2.73 bits per heavy atom. The third-order valence-corrected chi connectivity index (χ3v) is 2.85. The second-order valence-corrected chi connectivity index (χ2v) is 3.81. The van der Waals surface area contributed by atoms with E-state index in [1.807, 2.05) is 42.3 Å². The van der Waals surface area contributed by atoms with Crippen LogP contribution in [-0.4, -0.2) is 25.5 Å². The van der Waals surface area contributed by atoms with E-state index in [-0.39, 0.29) is 11.9 Å². The zero-order valence-electron chi connectivity index (χ0n) is 8.94. The summed E-state index contributed by atoms with van der Waals surface area (Å²) in [5.74, 6) is 0.190. The van der Waals surface area contributed by atoms with Crippen LogP contribution in [0.3, 0.4) is 0 Å². The lowest BCUT2D eigenvalue weighted by atomic mass is 10.0. The summed E-state index contributed by atoms with van der Waals surface area (Å²) in [5.41, 5.74) is 1.00. The van der Waals surface area contributed by atoms with E-state index in [1.165, 1.54) is 0 Å². The number of hydrogen-bond acceptors (Lipinski definition) is 2. The molecule has 1 aliphatic rings. The molecule has 2 rings (SSSR count). The van der Waals surface area contributed by atoms with Gasteiger partial charge in [0.25, 0.3) is 0 Å². The Morgan fingerprint density at radius 2 is 2.07 bits per heavy atom. The molecule has 80 valence electrons. The molecule has 1 aromatic carbocycles. The summed E-state index contributed by atoms with van der Waals surface area (Å²) in [7, 11) is 1.84. The fourth-order valence-electron chi connectivity index (χ4n) is 2.01. The number of para-hydroxylation sites is 1. The number of carbonyl (C=O) groups excluding carboxylic acids is 1. The van der Waals surface area contributed by atoms with E-state index in [4.69, 9.17) is 0 Å². The van der Waals surface area contributed by atoms with Gasteiger partial charge in [-0.05, 0) is 32.0 Å². The Balaban J connectivity index is 2.19. The first-order valence-corrected chi connectivity index (χ1v) is 5.36. The van der Waals surface area contributed by atoms with E-state index in [9.17, 15) is 4.79 Å². The van der Waals surface area contributed by atoms with Crippen molar-refractivity contribution in [2.75, 3.05) is 18.5 Å². The minimum absolute atomic E-state index is 0.0149. The summed E-state index contributed by atoms with van der Waals surface area (Å²) in [5, 5.41) is 3.06. The number of benzene rings is 1. The van der Waals surface area contributed by atoms with Crippen LogP contribution in [0.2, 0.25) is 0 Å². The molecule has 0 aliphatic carbocycles. The number of hydrogen-bond donors (Lipinski definition) is 1. The number of piperidine rings is 1. The first-order chi connectivity index (χ1) is 7.33. The Kier molecular flexibility index (Phi) is 3.02. The van der Waals surface area contributed by atoms with Gasteiger partial charge in [0, 0.05) is 12.2 Å². The van der Waals surface area contributed by atoms with Crippen LogP contribution in [0.1, 0.15) is 12.8 Å². The summed E-state index contributed by atoms with van der Waals surface area (Å²) < 4.78 is 0. The van der Waals surface area contributed by atoms with Crippen molar-refractivity contribution < 1.29 is 4.79 Å². The summed E-state index contributed by atoms with van der Waals surface area (Å²) in [4.78, 5) is 13.9. The van der Waals surface area contributed by atoms with Crippen molar-refractivity contribution in [2.45, 2.75) is 18.9 Å². The predicted molar refractivity (Wildman–Crippen MR) is 60.9 cm³/mol. The van der Waals surface area contributed by atoms with Crippen LogP contribution in [0.25, 0.3) is 0 Å². The zero-order valence-corrected chi connectivity index (χ0v) is 8.94. The highest BCUT2D eigenvalue weighted by atomic mass is 16.2. The van der Waals surface area contributed by atoms with Gasteiger partial charge in [-0.25, -0.2) is 0 Å². The minimum atomic E-state index is -0.0149. The topological polar surface area (TPSA) is 32.3 Å². The van der Waals surface area contributed by atoms with Gasteiger partial charge in [0.1, 0.15) is 0 Å². The highest BCUT2D eigenvalue weighted by Crippen LogP contribution is 2.20. The second-order valence-electron chi connectivity index (χ2n) is 3.81. The average molecular weight is 204 g/mol. The lowest BCUT2D eigenvalue weighted by Crippen LogP contribution is -2.49. The van der Waals surface area contributed by atoms with Crippen LogP contribution in [0.15, 0.2) is 30.3 Å². The number of nitrogens with zero attached hydrogens (tertiary/aromatic N) is 1. The quantitative estimate of drug-likeness (QED) is 0.789. The molecule has 0 aromatic heterocycles. The number of anilines is 1. The Hall–Kier alpha value is -1.35. The van der Waals surface area contributed by atoms with Crippen LogP contribution < -0.4 is 10.2 Å². The third-order valence-electron chi connectivity index (χ3n) is 2.85. The van der Waals surface area contributed by atoms with Crippen molar-refractivity contribution in [3.05, 3.63) is 30.3 Å². The molecule has 1 aliphatic heterocycles. The smallest absolute Gasteiger partial charge is 0.244 e. The van der Waals surface area contributed by atoms with Crippen molar-refractivity contribution in [1.82, 2.24) is 5.32 Å². The maximum atomic E-state index is 12.0. The van der Waals surface area contributed by atoms with Crippen LogP contribution >= 0.6 is 0 Å². The summed E-state index contributed by atoms with van der Waals surface area (Å²) >= 11 is 0. The van der Waals surface area contributed by atoms with Crippen molar-refractivity contribution in [1.29, 1.82) is 0 Å². The van der Waals surface area contributed by atoms with Crippen molar-refractivity contribution >= 4 is 11.6 Å². The number of carbonyl (C=O) groups is 1. The van der Waals surface area contributed by atoms with E-state index in [1.54, 1.807) is 0 Å². The molecular formula is C12H16N2O. The van der Waals surface area contributed by atoms with Crippen LogP contribution in [0, 0.1) is 0 Å². The van der Waals surface area contributed by atoms with Gasteiger partial charge < -0.3 is 10.2 Å². The van der Waals surface area contributed by atoms with Gasteiger partial charge in [-0.2, -0.15) is 0 Å². The lowest BCUT2D eigenvalue weighted by Gasteiger charge is -2.32. The molecule has 1 heterocycles. The third kappa shape index (κ3) is 2.02. The van der Waals surface area contributed by atoms with Crippen molar-refractivity contribution in [2.24, 2.45) is 0 Å². The summed E-state index contributed by atoms with van der Waals surface area (Å²) in [6.07, 6.45) is 2.00. The van der Waals surface area contributed by atoms with E-state index in [2.05, 4.69) is 5.32 Å². The lowest BCUT2D eigenvalue weighted by molar-refractivity contribution is -0.121. The van der Waals surface area contributed by atoms with Gasteiger partial charge in [-0.15, -0.1) is 0 Å². The van der Waals surface area contributed by atoms with E-state index in [0.717, 1.165) is 25.1 Å². The fraction of sp³-hybridized carbons (Fsp3) is 0.417. The highest BCUT2D eigenvalue weighted by Gasteiger charge is 2.27. The number of rotatable bonds is 2. The zero-order chi connectivity index (χ0) is 10.7. The summed E-state index contributed by atoms with van der Waals surface area (Å²) in [6, 6.07) is 9.84. The molecule has 15 heavy (non-hydrogen) atoms. The Morgan fingerprint density at radius 1 is 1.33 bits per heavy atom. The number of amides is 1. The molecular weight excluding hydrogens is 188 g/mol. The van der Waals surface area contributed by atoms with Gasteiger partial charge >= 0.3 is 0 Å². The van der Waals surface area contributed by atoms with Gasteiger partial charge in [-0.1, -0.05) is 18.2 Å². The molecule has 0 saturated carbocycles. The van der Waals surface area contributed by atoms with E-state index >= 15 is 0 Å². The Labute approximate surface area is 90.1 Å².